The van der Waals surface area contributed by atoms with Gasteiger partial charge >= 0.3 is 0 Å². The summed E-state index contributed by atoms with van der Waals surface area (Å²) in [7, 11) is 1.92. The first-order valence-electron chi connectivity index (χ1n) is 5.75. The Kier molecular flexibility index (Phi) is 4.23. The van der Waals surface area contributed by atoms with Crippen LogP contribution in [0.25, 0.3) is 0 Å². The highest BCUT2D eigenvalue weighted by Gasteiger charge is 2.06. The molecule has 2 aromatic heterocycles. The maximum atomic E-state index is 5.39. The van der Waals surface area contributed by atoms with E-state index in [-0.39, 0.29) is 0 Å². The van der Waals surface area contributed by atoms with Gasteiger partial charge in [0.15, 0.2) is 5.16 Å². The van der Waals surface area contributed by atoms with Crippen LogP contribution < -0.4 is 16.6 Å². The molecular formula is C11H17N7S. The lowest BCUT2D eigenvalue weighted by atomic mass is 10.2. The Morgan fingerprint density at radius 2 is 2.11 bits per heavy atom. The van der Waals surface area contributed by atoms with Crippen LogP contribution in [0.1, 0.15) is 11.3 Å². The second-order valence-electron chi connectivity index (χ2n) is 4.00. The molecule has 102 valence electrons. The summed E-state index contributed by atoms with van der Waals surface area (Å²) in [5, 5.41) is 8.12. The lowest BCUT2D eigenvalue weighted by Gasteiger charge is -2.08. The topological polar surface area (TPSA) is 93.7 Å². The smallest absolute Gasteiger partial charge is 0.191 e. The summed E-state index contributed by atoms with van der Waals surface area (Å²) >= 11 is 1.47. The van der Waals surface area contributed by atoms with E-state index in [1.165, 1.54) is 11.8 Å². The maximum Gasteiger partial charge on any atom is 0.191 e. The zero-order valence-corrected chi connectivity index (χ0v) is 12.0. The van der Waals surface area contributed by atoms with Gasteiger partial charge in [0.1, 0.15) is 11.6 Å². The summed E-state index contributed by atoms with van der Waals surface area (Å²) in [5.74, 6) is 6.71. The molecule has 0 aromatic carbocycles. The van der Waals surface area contributed by atoms with Gasteiger partial charge in [-0.05, 0) is 13.2 Å². The first-order valence-corrected chi connectivity index (χ1v) is 6.97. The van der Waals surface area contributed by atoms with Crippen molar-refractivity contribution in [3.8, 4) is 0 Å². The lowest BCUT2D eigenvalue weighted by Crippen LogP contribution is -2.11. The van der Waals surface area contributed by atoms with Crippen LogP contribution in [0.3, 0.4) is 0 Å². The van der Waals surface area contributed by atoms with E-state index in [2.05, 4.69) is 25.8 Å². The molecule has 0 aliphatic heterocycles. The summed E-state index contributed by atoms with van der Waals surface area (Å²) < 4.78 is 1.84. The van der Waals surface area contributed by atoms with E-state index in [9.17, 15) is 0 Å². The molecule has 0 fully saturated rings. The number of hydrogen-bond acceptors (Lipinski definition) is 7. The Bertz CT molecular complexity index is 544. The summed E-state index contributed by atoms with van der Waals surface area (Å²) in [6, 6.07) is 1.77. The third-order valence-electron chi connectivity index (χ3n) is 2.83. The van der Waals surface area contributed by atoms with E-state index < -0.39 is 0 Å². The van der Waals surface area contributed by atoms with Gasteiger partial charge in [0.25, 0.3) is 0 Å². The fraction of sp³-hybridized carbons (Fsp3) is 0.364. The lowest BCUT2D eigenvalue weighted by molar-refractivity contribution is 0.738. The van der Waals surface area contributed by atoms with Crippen LogP contribution in [0.15, 0.2) is 17.4 Å². The zero-order valence-electron chi connectivity index (χ0n) is 11.1. The van der Waals surface area contributed by atoms with E-state index in [1.807, 2.05) is 31.1 Å². The number of nitrogens with zero attached hydrogens (tertiary/aromatic N) is 4. The fourth-order valence-electron chi connectivity index (χ4n) is 1.58. The number of hydrogen-bond donors (Lipinski definition) is 3. The van der Waals surface area contributed by atoms with Gasteiger partial charge in [0.05, 0.1) is 6.20 Å². The molecule has 0 aliphatic carbocycles. The minimum atomic E-state index is 0.588. The van der Waals surface area contributed by atoms with Gasteiger partial charge < -0.3 is 10.7 Å². The van der Waals surface area contributed by atoms with E-state index in [0.29, 0.717) is 17.5 Å². The molecule has 0 atom stereocenters. The molecule has 4 N–H and O–H groups in total. The minimum Gasteiger partial charge on any atom is -0.366 e. The van der Waals surface area contributed by atoms with Gasteiger partial charge in [-0.25, -0.2) is 15.8 Å². The summed E-state index contributed by atoms with van der Waals surface area (Å²) in [6.45, 7) is 2.69. The Labute approximate surface area is 116 Å². The highest BCUT2D eigenvalue weighted by atomic mass is 32.2. The van der Waals surface area contributed by atoms with E-state index in [0.717, 1.165) is 17.1 Å². The molecule has 0 spiro atoms. The van der Waals surface area contributed by atoms with Crippen molar-refractivity contribution in [2.45, 2.75) is 18.6 Å². The highest BCUT2D eigenvalue weighted by Crippen LogP contribution is 2.17. The number of rotatable bonds is 5. The second-order valence-corrected chi connectivity index (χ2v) is 4.78. The molecule has 2 rings (SSSR count). The molecular weight excluding hydrogens is 262 g/mol. The quantitative estimate of drug-likeness (QED) is 0.327. The molecule has 7 nitrogen and oxygen atoms in total. The van der Waals surface area contributed by atoms with Crippen LogP contribution in [-0.2, 0) is 13.6 Å². The van der Waals surface area contributed by atoms with Crippen molar-refractivity contribution < 1.29 is 0 Å². The number of aryl methyl sites for hydroxylation is 1. The molecule has 0 bridgehead atoms. The second kappa shape index (κ2) is 5.89. The van der Waals surface area contributed by atoms with Crippen molar-refractivity contribution in [1.29, 1.82) is 0 Å². The van der Waals surface area contributed by atoms with Crippen molar-refractivity contribution in [3.63, 3.8) is 0 Å². The number of nitrogens with two attached hydrogens (primary N) is 1. The zero-order chi connectivity index (χ0) is 13.8. The first kappa shape index (κ1) is 13.6. The average molecular weight is 279 g/mol. The molecule has 0 unspecified atom stereocenters. The monoisotopic (exact) mass is 279 g/mol. The number of anilines is 2. The average Bonchev–Trinajstić information content (AvgIpc) is 2.76. The molecule has 0 saturated carbocycles. The Morgan fingerprint density at radius 1 is 1.37 bits per heavy atom. The van der Waals surface area contributed by atoms with Gasteiger partial charge in [-0.1, -0.05) is 11.8 Å². The Balaban J connectivity index is 2.12. The molecule has 2 aromatic rings. The number of thioether (sulfide) groups is 1. The van der Waals surface area contributed by atoms with E-state index in [1.54, 1.807) is 6.07 Å². The fourth-order valence-corrected chi connectivity index (χ4v) is 1.96. The van der Waals surface area contributed by atoms with Gasteiger partial charge in [-0.15, -0.1) is 0 Å². The number of hydrazine groups is 1. The predicted molar refractivity (Wildman–Crippen MR) is 76.9 cm³/mol. The van der Waals surface area contributed by atoms with E-state index in [4.69, 9.17) is 5.84 Å². The number of aromatic nitrogens is 4. The van der Waals surface area contributed by atoms with Crippen LogP contribution in [0.4, 0.5) is 11.6 Å². The largest absolute Gasteiger partial charge is 0.366 e. The SMILES string of the molecule is CSc1nc(NN)cc(NCc2cnn(C)c2C)n1. The van der Waals surface area contributed by atoms with Gasteiger partial charge in [0.2, 0.25) is 0 Å². The molecule has 2 heterocycles. The summed E-state index contributed by atoms with van der Waals surface area (Å²) in [6.07, 6.45) is 3.77. The Hall–Kier alpha value is -1.80. The first-order chi connectivity index (χ1) is 9.13. The van der Waals surface area contributed by atoms with Gasteiger partial charge in [-0.3, -0.25) is 4.68 Å². The molecule has 0 amide bonds. The maximum absolute atomic E-state index is 5.39. The highest BCUT2D eigenvalue weighted by molar-refractivity contribution is 7.98. The summed E-state index contributed by atoms with van der Waals surface area (Å²) in [4.78, 5) is 8.58. The van der Waals surface area contributed by atoms with E-state index >= 15 is 0 Å². The van der Waals surface area contributed by atoms with Crippen LogP contribution in [-0.4, -0.2) is 26.0 Å². The van der Waals surface area contributed by atoms with Crippen molar-refractivity contribution >= 4 is 23.4 Å². The molecule has 8 heteroatoms. The molecule has 0 radical (unpaired) electrons. The molecule has 0 saturated heterocycles. The third-order valence-corrected chi connectivity index (χ3v) is 3.38. The van der Waals surface area contributed by atoms with Crippen LogP contribution in [0.2, 0.25) is 0 Å². The normalized spacial score (nSPS) is 10.5. The number of nitrogens with one attached hydrogen (secondary N) is 2. The number of nitrogen functional groups attached to an aromatic ring is 1. The third kappa shape index (κ3) is 3.15. The van der Waals surface area contributed by atoms with Crippen LogP contribution in [0.5, 0.6) is 0 Å². The molecule has 0 aliphatic rings. The van der Waals surface area contributed by atoms with Crippen LogP contribution >= 0.6 is 11.8 Å². The van der Waals surface area contributed by atoms with Gasteiger partial charge in [-0.2, -0.15) is 5.10 Å². The van der Waals surface area contributed by atoms with Crippen LogP contribution in [0, 0.1) is 6.92 Å². The predicted octanol–water partition coefficient (Wildman–Crippen LogP) is 1.14. The molecule has 19 heavy (non-hydrogen) atoms. The standard InChI is InChI=1S/C11H17N7S/c1-7-8(6-14-18(7)2)5-13-9-4-10(17-12)16-11(15-9)19-3/h4,6H,5,12H2,1-3H3,(H2,13,15,16,17). The van der Waals surface area contributed by atoms with Crippen molar-refractivity contribution in [2.75, 3.05) is 17.0 Å². The van der Waals surface area contributed by atoms with Crippen molar-refractivity contribution in [3.05, 3.63) is 23.5 Å². The van der Waals surface area contributed by atoms with Gasteiger partial charge in [0, 0.05) is 30.9 Å². The Morgan fingerprint density at radius 3 is 2.68 bits per heavy atom. The van der Waals surface area contributed by atoms with Crippen molar-refractivity contribution in [1.82, 2.24) is 19.7 Å². The van der Waals surface area contributed by atoms with Crippen molar-refractivity contribution in [2.24, 2.45) is 12.9 Å². The minimum absolute atomic E-state index is 0.588. The summed E-state index contributed by atoms with van der Waals surface area (Å²) in [5.41, 5.74) is 4.80.